The van der Waals surface area contributed by atoms with E-state index >= 15 is 0 Å². The summed E-state index contributed by atoms with van der Waals surface area (Å²) in [6.07, 6.45) is 3.53. The first kappa shape index (κ1) is 21.7. The molecule has 0 radical (unpaired) electrons. The molecular formula is C24H32N2O2. The molecule has 0 aliphatic rings. The molecule has 150 valence electrons. The van der Waals surface area contributed by atoms with Gasteiger partial charge in [-0.3, -0.25) is 9.59 Å². The van der Waals surface area contributed by atoms with E-state index in [0.29, 0.717) is 25.9 Å². The van der Waals surface area contributed by atoms with Crippen LogP contribution in [0.5, 0.6) is 0 Å². The smallest absolute Gasteiger partial charge is 0.223 e. The van der Waals surface area contributed by atoms with Gasteiger partial charge in [0.15, 0.2) is 0 Å². The van der Waals surface area contributed by atoms with Crippen molar-refractivity contribution in [1.82, 2.24) is 10.2 Å². The van der Waals surface area contributed by atoms with Crippen LogP contribution in [0.1, 0.15) is 56.7 Å². The summed E-state index contributed by atoms with van der Waals surface area (Å²) in [6, 6.07) is 20.1. The van der Waals surface area contributed by atoms with Crippen LogP contribution in [0, 0.1) is 0 Å². The average Bonchev–Trinajstić information content (AvgIpc) is 2.73. The summed E-state index contributed by atoms with van der Waals surface area (Å²) in [4.78, 5) is 26.9. The third-order valence-electron chi connectivity index (χ3n) is 4.97. The van der Waals surface area contributed by atoms with Gasteiger partial charge in [0.25, 0.3) is 0 Å². The number of rotatable bonds is 11. The molecule has 0 aromatic heterocycles. The maximum Gasteiger partial charge on any atom is 0.223 e. The van der Waals surface area contributed by atoms with Gasteiger partial charge in [0, 0.05) is 25.9 Å². The molecule has 2 rings (SSSR count). The van der Waals surface area contributed by atoms with Gasteiger partial charge in [-0.25, -0.2) is 0 Å². The lowest BCUT2D eigenvalue weighted by molar-refractivity contribution is -0.134. The number of unbranched alkanes of at least 4 members (excludes halogenated alkanes) is 1. The van der Waals surface area contributed by atoms with Crippen LogP contribution >= 0.6 is 0 Å². The number of benzene rings is 2. The number of hydrogen-bond donors (Lipinski definition) is 1. The van der Waals surface area contributed by atoms with E-state index in [9.17, 15) is 9.59 Å². The second-order valence-electron chi connectivity index (χ2n) is 7.11. The minimum Gasteiger partial charge on any atom is -0.356 e. The van der Waals surface area contributed by atoms with E-state index < -0.39 is 0 Å². The van der Waals surface area contributed by atoms with Gasteiger partial charge in [-0.05, 0) is 30.9 Å². The van der Waals surface area contributed by atoms with E-state index in [-0.39, 0.29) is 17.9 Å². The van der Waals surface area contributed by atoms with Crippen molar-refractivity contribution in [2.75, 3.05) is 13.1 Å². The molecule has 0 aliphatic heterocycles. The van der Waals surface area contributed by atoms with Crippen LogP contribution in [-0.4, -0.2) is 29.8 Å². The molecule has 2 amide bonds. The zero-order valence-electron chi connectivity index (χ0n) is 17.1. The number of carbonyl (C=O) groups is 2. The predicted molar refractivity (Wildman–Crippen MR) is 114 cm³/mol. The minimum atomic E-state index is -0.0392. The second-order valence-corrected chi connectivity index (χ2v) is 7.11. The van der Waals surface area contributed by atoms with Gasteiger partial charge in [-0.15, -0.1) is 0 Å². The lowest BCUT2D eigenvalue weighted by Crippen LogP contribution is -2.37. The fourth-order valence-electron chi connectivity index (χ4n) is 3.22. The van der Waals surface area contributed by atoms with Crippen LogP contribution in [0.3, 0.4) is 0 Å². The standard InChI is InChI=1S/C24H32N2O2/c1-3-4-15-24(28)26(20(2)22-13-9-6-10-14-22)19-17-23(27)25-18-16-21-11-7-5-8-12-21/h5-14,20H,3-4,15-19H2,1-2H3,(H,25,27). The third-order valence-corrected chi connectivity index (χ3v) is 4.97. The normalized spacial score (nSPS) is 11.6. The maximum atomic E-state index is 12.7. The van der Waals surface area contributed by atoms with Gasteiger partial charge in [-0.2, -0.15) is 0 Å². The highest BCUT2D eigenvalue weighted by atomic mass is 16.2. The number of hydrogen-bond acceptors (Lipinski definition) is 2. The largest absolute Gasteiger partial charge is 0.356 e. The van der Waals surface area contributed by atoms with Crippen LogP contribution in [0.15, 0.2) is 60.7 Å². The topological polar surface area (TPSA) is 49.4 Å². The highest BCUT2D eigenvalue weighted by Crippen LogP contribution is 2.21. The Morgan fingerprint density at radius 1 is 0.964 bits per heavy atom. The van der Waals surface area contributed by atoms with Crippen molar-refractivity contribution in [1.29, 1.82) is 0 Å². The molecule has 2 aromatic rings. The molecule has 0 fully saturated rings. The molecule has 0 spiro atoms. The van der Waals surface area contributed by atoms with Gasteiger partial charge < -0.3 is 10.2 Å². The molecule has 1 unspecified atom stereocenters. The van der Waals surface area contributed by atoms with Gasteiger partial charge in [0.2, 0.25) is 11.8 Å². The molecule has 0 bridgehead atoms. The SMILES string of the molecule is CCCCC(=O)N(CCC(=O)NCCc1ccccc1)C(C)c1ccccc1. The summed E-state index contributed by atoms with van der Waals surface area (Å²) >= 11 is 0. The number of nitrogens with one attached hydrogen (secondary N) is 1. The molecule has 0 aliphatic carbocycles. The summed E-state index contributed by atoms with van der Waals surface area (Å²) in [6.45, 7) is 5.17. The maximum absolute atomic E-state index is 12.7. The zero-order chi connectivity index (χ0) is 20.2. The number of amides is 2. The Labute approximate surface area is 169 Å². The van der Waals surface area contributed by atoms with Crippen LogP contribution in [0.25, 0.3) is 0 Å². The molecular weight excluding hydrogens is 348 g/mol. The average molecular weight is 381 g/mol. The molecule has 0 heterocycles. The van der Waals surface area contributed by atoms with Crippen molar-refractivity contribution in [3.63, 3.8) is 0 Å². The monoisotopic (exact) mass is 380 g/mol. The third kappa shape index (κ3) is 7.18. The van der Waals surface area contributed by atoms with E-state index in [0.717, 1.165) is 24.8 Å². The van der Waals surface area contributed by atoms with Crippen LogP contribution in [0.4, 0.5) is 0 Å². The number of carbonyl (C=O) groups excluding carboxylic acids is 2. The lowest BCUT2D eigenvalue weighted by Gasteiger charge is -2.30. The van der Waals surface area contributed by atoms with Crippen molar-refractivity contribution in [3.8, 4) is 0 Å². The first-order valence-electron chi connectivity index (χ1n) is 10.3. The van der Waals surface area contributed by atoms with Crippen LogP contribution < -0.4 is 5.32 Å². The fraction of sp³-hybridized carbons (Fsp3) is 0.417. The lowest BCUT2D eigenvalue weighted by atomic mass is 10.1. The van der Waals surface area contributed by atoms with Crippen molar-refractivity contribution in [2.24, 2.45) is 0 Å². The fourth-order valence-corrected chi connectivity index (χ4v) is 3.22. The van der Waals surface area contributed by atoms with Crippen molar-refractivity contribution < 1.29 is 9.59 Å². The van der Waals surface area contributed by atoms with Gasteiger partial charge >= 0.3 is 0 Å². The molecule has 1 atom stereocenters. The van der Waals surface area contributed by atoms with E-state index in [1.165, 1.54) is 5.56 Å². The Kier molecular flexibility index (Phi) is 9.26. The Hall–Kier alpha value is -2.62. The highest BCUT2D eigenvalue weighted by molar-refractivity contribution is 5.79. The molecule has 0 saturated heterocycles. The van der Waals surface area contributed by atoms with E-state index in [4.69, 9.17) is 0 Å². The van der Waals surface area contributed by atoms with Crippen molar-refractivity contribution >= 4 is 11.8 Å². The van der Waals surface area contributed by atoms with Crippen LogP contribution in [-0.2, 0) is 16.0 Å². The Morgan fingerprint density at radius 3 is 2.25 bits per heavy atom. The van der Waals surface area contributed by atoms with Gasteiger partial charge in [-0.1, -0.05) is 74.0 Å². The molecule has 4 nitrogen and oxygen atoms in total. The first-order chi connectivity index (χ1) is 13.6. The molecule has 2 aromatic carbocycles. The molecule has 0 saturated carbocycles. The summed E-state index contributed by atoms with van der Waals surface area (Å²) in [5.41, 5.74) is 2.30. The van der Waals surface area contributed by atoms with E-state index in [1.807, 2.05) is 60.4 Å². The Bertz CT molecular complexity index is 716. The quantitative estimate of drug-likeness (QED) is 0.623. The zero-order valence-corrected chi connectivity index (χ0v) is 17.1. The molecule has 4 heteroatoms. The molecule has 28 heavy (non-hydrogen) atoms. The minimum absolute atomic E-state index is 0.00974. The molecule has 1 N–H and O–H groups in total. The predicted octanol–water partition coefficient (Wildman–Crippen LogP) is 4.52. The van der Waals surface area contributed by atoms with E-state index in [2.05, 4.69) is 24.4 Å². The number of nitrogens with zero attached hydrogens (tertiary/aromatic N) is 1. The first-order valence-corrected chi connectivity index (χ1v) is 10.3. The summed E-state index contributed by atoms with van der Waals surface area (Å²) < 4.78 is 0. The highest BCUT2D eigenvalue weighted by Gasteiger charge is 2.21. The van der Waals surface area contributed by atoms with Crippen molar-refractivity contribution in [2.45, 2.75) is 52.0 Å². The Balaban J connectivity index is 1.88. The van der Waals surface area contributed by atoms with E-state index in [1.54, 1.807) is 0 Å². The Morgan fingerprint density at radius 2 is 1.61 bits per heavy atom. The van der Waals surface area contributed by atoms with Gasteiger partial charge in [0.1, 0.15) is 0 Å². The summed E-state index contributed by atoms with van der Waals surface area (Å²) in [5, 5.41) is 2.97. The summed E-state index contributed by atoms with van der Waals surface area (Å²) in [5.74, 6) is 0.111. The van der Waals surface area contributed by atoms with Gasteiger partial charge in [0.05, 0.1) is 6.04 Å². The summed E-state index contributed by atoms with van der Waals surface area (Å²) in [7, 11) is 0. The second kappa shape index (κ2) is 12.0. The van der Waals surface area contributed by atoms with Crippen LogP contribution in [0.2, 0.25) is 0 Å². The van der Waals surface area contributed by atoms with Crippen molar-refractivity contribution in [3.05, 3.63) is 71.8 Å².